The maximum absolute atomic E-state index is 11.7. The van der Waals surface area contributed by atoms with E-state index in [2.05, 4.69) is 32.6 Å². The molecule has 1 N–H and O–H groups in total. The number of hydrogen-bond acceptors (Lipinski definition) is 3. The Balaban J connectivity index is 2.29. The molecule has 3 rings (SSSR count). The van der Waals surface area contributed by atoms with Gasteiger partial charge in [0.2, 0.25) is 0 Å². The van der Waals surface area contributed by atoms with E-state index in [9.17, 15) is 4.79 Å². The number of hydrogen-bond donors (Lipinski definition) is 1. The van der Waals surface area contributed by atoms with Gasteiger partial charge in [0, 0.05) is 19.0 Å². The largest absolute Gasteiger partial charge is 0.312 e. The lowest BCUT2D eigenvalue weighted by Gasteiger charge is -2.01. The normalized spacial score (nSPS) is 11.0. The van der Waals surface area contributed by atoms with Gasteiger partial charge in [-0.2, -0.15) is 0 Å². The number of thiophene rings is 1. The summed E-state index contributed by atoms with van der Waals surface area (Å²) >= 11 is 9.70. The predicted octanol–water partition coefficient (Wildman–Crippen LogP) is 3.91. The second-order valence-electron chi connectivity index (χ2n) is 3.68. The van der Waals surface area contributed by atoms with Crippen molar-refractivity contribution >= 4 is 55.7 Å². The van der Waals surface area contributed by atoms with Crippen LogP contribution in [-0.2, 0) is 0 Å². The lowest BCUT2D eigenvalue weighted by atomic mass is 10.2. The average Bonchev–Trinajstić information content (AvgIpc) is 2.77. The number of halogens is 2. The summed E-state index contributed by atoms with van der Waals surface area (Å²) in [4.78, 5) is 19.4. The van der Waals surface area contributed by atoms with Gasteiger partial charge in [0.05, 0.1) is 11.8 Å². The third-order valence-corrected chi connectivity index (χ3v) is 4.84. The second kappa shape index (κ2) is 4.64. The summed E-state index contributed by atoms with van der Waals surface area (Å²) in [6.07, 6.45) is 1.42. The molecular weight excluding hydrogens is 383 g/mol. The molecule has 0 fully saturated rings. The van der Waals surface area contributed by atoms with Crippen molar-refractivity contribution in [1.82, 2.24) is 9.97 Å². The summed E-state index contributed by atoms with van der Waals surface area (Å²) in [6, 6.07) is 7.64. The quantitative estimate of drug-likeness (QED) is 0.643. The van der Waals surface area contributed by atoms with Crippen LogP contribution in [0.15, 0.2) is 35.4 Å². The highest BCUT2D eigenvalue weighted by Gasteiger charge is 2.10. The highest BCUT2D eigenvalue weighted by atomic mass is 127. The molecule has 6 heteroatoms. The Bertz CT molecular complexity index is 796. The van der Waals surface area contributed by atoms with Gasteiger partial charge in [-0.1, -0.05) is 11.6 Å². The van der Waals surface area contributed by atoms with Crippen LogP contribution in [0.4, 0.5) is 0 Å². The van der Waals surface area contributed by atoms with E-state index in [1.54, 1.807) is 0 Å². The van der Waals surface area contributed by atoms with E-state index in [4.69, 9.17) is 11.6 Å². The minimum absolute atomic E-state index is 0.103. The van der Waals surface area contributed by atoms with Gasteiger partial charge < -0.3 is 4.98 Å². The molecule has 2 heterocycles. The lowest BCUT2D eigenvalue weighted by molar-refractivity contribution is 1.18. The zero-order chi connectivity index (χ0) is 12.7. The van der Waals surface area contributed by atoms with Gasteiger partial charge in [-0.05, 0) is 46.9 Å². The van der Waals surface area contributed by atoms with Gasteiger partial charge in [-0.15, -0.1) is 11.3 Å². The third-order valence-electron chi connectivity index (χ3n) is 2.51. The van der Waals surface area contributed by atoms with Gasteiger partial charge >= 0.3 is 0 Å². The van der Waals surface area contributed by atoms with E-state index >= 15 is 0 Å². The smallest absolute Gasteiger partial charge is 0.268 e. The summed E-state index contributed by atoms with van der Waals surface area (Å²) in [5.41, 5.74) is 1.65. The first-order valence-electron chi connectivity index (χ1n) is 5.08. The van der Waals surface area contributed by atoms with Crippen molar-refractivity contribution < 1.29 is 0 Å². The van der Waals surface area contributed by atoms with Gasteiger partial charge in [0.1, 0.15) is 4.70 Å². The molecule has 0 aliphatic carbocycles. The first kappa shape index (κ1) is 12.1. The average molecular weight is 389 g/mol. The van der Waals surface area contributed by atoms with Crippen LogP contribution in [0.25, 0.3) is 20.7 Å². The number of benzene rings is 1. The van der Waals surface area contributed by atoms with Crippen LogP contribution < -0.4 is 5.56 Å². The van der Waals surface area contributed by atoms with Gasteiger partial charge in [-0.3, -0.25) is 4.79 Å². The molecule has 0 atom stereocenters. The van der Waals surface area contributed by atoms with Crippen molar-refractivity contribution in [1.29, 1.82) is 0 Å². The molecule has 3 nitrogen and oxygen atoms in total. The molecule has 3 aromatic rings. The molecule has 0 spiro atoms. The van der Waals surface area contributed by atoms with E-state index in [0.717, 1.165) is 19.5 Å². The lowest BCUT2D eigenvalue weighted by Crippen LogP contribution is -2.02. The van der Waals surface area contributed by atoms with E-state index in [-0.39, 0.29) is 5.56 Å². The van der Waals surface area contributed by atoms with Crippen molar-refractivity contribution in [2.24, 2.45) is 0 Å². The van der Waals surface area contributed by atoms with Crippen molar-refractivity contribution in [3.05, 3.63) is 49.5 Å². The van der Waals surface area contributed by atoms with Crippen LogP contribution in [0, 0.1) is 3.57 Å². The van der Waals surface area contributed by atoms with Crippen LogP contribution in [0.5, 0.6) is 0 Å². The SMILES string of the molecule is O=c1[nH]cnc2cc(-c3cc(Cl)ccc3I)sc12. The van der Waals surface area contributed by atoms with Gasteiger partial charge in [0.25, 0.3) is 5.56 Å². The molecule has 0 bridgehead atoms. The Kier molecular flexibility index (Phi) is 3.13. The fraction of sp³-hybridized carbons (Fsp3) is 0. The zero-order valence-corrected chi connectivity index (χ0v) is 12.6. The van der Waals surface area contributed by atoms with Crippen LogP contribution in [0.3, 0.4) is 0 Å². The summed E-state index contributed by atoms with van der Waals surface area (Å²) < 4.78 is 1.74. The van der Waals surface area contributed by atoms with Gasteiger partial charge in [0.15, 0.2) is 0 Å². The predicted molar refractivity (Wildman–Crippen MR) is 83.4 cm³/mol. The second-order valence-corrected chi connectivity index (χ2v) is 6.33. The highest BCUT2D eigenvalue weighted by Crippen LogP contribution is 2.34. The Morgan fingerprint density at radius 2 is 2.17 bits per heavy atom. The molecule has 2 aromatic heterocycles. The highest BCUT2D eigenvalue weighted by molar-refractivity contribution is 14.1. The van der Waals surface area contributed by atoms with Gasteiger partial charge in [-0.25, -0.2) is 4.98 Å². The number of aromatic nitrogens is 2. The number of nitrogens with zero attached hydrogens (tertiary/aromatic N) is 1. The molecule has 0 radical (unpaired) electrons. The maximum atomic E-state index is 11.7. The number of rotatable bonds is 1. The first-order chi connectivity index (χ1) is 8.65. The number of fused-ring (bicyclic) bond motifs is 1. The maximum Gasteiger partial charge on any atom is 0.268 e. The van der Waals surface area contributed by atoms with Crippen LogP contribution >= 0.6 is 45.5 Å². The molecule has 0 aliphatic rings. The molecule has 0 unspecified atom stereocenters. The fourth-order valence-electron chi connectivity index (χ4n) is 1.69. The van der Waals surface area contributed by atoms with Crippen molar-refractivity contribution in [2.45, 2.75) is 0 Å². The van der Waals surface area contributed by atoms with Crippen LogP contribution in [0.2, 0.25) is 5.02 Å². The number of aromatic amines is 1. The summed E-state index contributed by atoms with van der Waals surface area (Å²) in [5.74, 6) is 0. The number of H-pyrrole nitrogens is 1. The molecule has 0 saturated heterocycles. The first-order valence-corrected chi connectivity index (χ1v) is 7.35. The fourth-order valence-corrected chi connectivity index (χ4v) is 3.70. The monoisotopic (exact) mass is 388 g/mol. The summed E-state index contributed by atoms with van der Waals surface area (Å²) in [5, 5.41) is 0.685. The molecular formula is C12H6ClIN2OS. The van der Waals surface area contributed by atoms with E-state index in [0.29, 0.717) is 9.72 Å². The standard InChI is InChI=1S/C12H6ClIN2OS/c13-6-1-2-8(14)7(3-6)10-4-9-11(18-10)12(17)16-5-15-9/h1-5H,(H,15,16,17). The zero-order valence-electron chi connectivity index (χ0n) is 8.91. The molecule has 90 valence electrons. The molecule has 0 amide bonds. The Morgan fingerprint density at radius 1 is 1.33 bits per heavy atom. The van der Waals surface area contributed by atoms with E-state index in [1.807, 2.05) is 24.3 Å². The Labute approximate surface area is 125 Å². The topological polar surface area (TPSA) is 45.8 Å². The Hall–Kier alpha value is -0.920. The Morgan fingerprint density at radius 3 is 2.94 bits per heavy atom. The van der Waals surface area contributed by atoms with Crippen molar-refractivity contribution in [3.63, 3.8) is 0 Å². The van der Waals surface area contributed by atoms with Crippen LogP contribution in [-0.4, -0.2) is 9.97 Å². The third kappa shape index (κ3) is 2.06. The molecule has 18 heavy (non-hydrogen) atoms. The van der Waals surface area contributed by atoms with Crippen molar-refractivity contribution in [2.75, 3.05) is 0 Å². The van der Waals surface area contributed by atoms with E-state index in [1.165, 1.54) is 17.7 Å². The van der Waals surface area contributed by atoms with E-state index < -0.39 is 0 Å². The molecule has 0 aliphatic heterocycles. The van der Waals surface area contributed by atoms with Crippen molar-refractivity contribution in [3.8, 4) is 10.4 Å². The summed E-state index contributed by atoms with van der Waals surface area (Å²) in [7, 11) is 0. The minimum Gasteiger partial charge on any atom is -0.312 e. The molecule has 0 saturated carbocycles. The molecule has 1 aromatic carbocycles. The van der Waals surface area contributed by atoms with Crippen LogP contribution in [0.1, 0.15) is 0 Å². The summed E-state index contributed by atoms with van der Waals surface area (Å²) in [6.45, 7) is 0. The minimum atomic E-state index is -0.103. The number of nitrogens with one attached hydrogen (secondary N) is 1.